The Morgan fingerprint density at radius 2 is 1.91 bits per heavy atom. The van der Waals surface area contributed by atoms with Gasteiger partial charge in [-0.1, -0.05) is 6.07 Å². The van der Waals surface area contributed by atoms with Crippen molar-refractivity contribution in [3.05, 3.63) is 30.1 Å². The van der Waals surface area contributed by atoms with E-state index in [0.29, 0.717) is 0 Å². The van der Waals surface area contributed by atoms with E-state index in [-0.39, 0.29) is 29.2 Å². The molecule has 2 unspecified atom stereocenters. The van der Waals surface area contributed by atoms with Gasteiger partial charge in [0.05, 0.1) is 17.1 Å². The van der Waals surface area contributed by atoms with Crippen LogP contribution in [-0.4, -0.2) is 50.7 Å². The maximum absolute atomic E-state index is 13.2. The normalized spacial score (nSPS) is 23.9. The number of sulfonamides is 1. The van der Waals surface area contributed by atoms with Gasteiger partial charge >= 0.3 is 0 Å². The molecule has 0 amide bonds. The number of morpholine rings is 1. The lowest BCUT2D eigenvalue weighted by Gasteiger charge is -2.45. The molecule has 130 valence electrons. The van der Waals surface area contributed by atoms with E-state index in [9.17, 15) is 12.8 Å². The Morgan fingerprint density at radius 3 is 2.48 bits per heavy atom. The molecule has 1 aromatic rings. The third-order valence-corrected chi connectivity index (χ3v) is 5.48. The number of hydrogen-bond acceptors (Lipinski definition) is 4. The van der Waals surface area contributed by atoms with E-state index in [1.807, 2.05) is 27.7 Å². The van der Waals surface area contributed by atoms with Crippen LogP contribution in [0.2, 0.25) is 0 Å². The van der Waals surface area contributed by atoms with Crippen LogP contribution >= 0.6 is 0 Å². The zero-order valence-electron chi connectivity index (χ0n) is 14.0. The van der Waals surface area contributed by atoms with Crippen molar-refractivity contribution in [3.63, 3.8) is 0 Å². The molecule has 2 atom stereocenters. The lowest BCUT2D eigenvalue weighted by Crippen LogP contribution is -2.58. The van der Waals surface area contributed by atoms with Crippen LogP contribution in [0.15, 0.2) is 29.2 Å². The number of halogens is 1. The predicted octanol–water partition coefficient (Wildman–Crippen LogP) is 1.99. The zero-order valence-corrected chi connectivity index (χ0v) is 14.9. The average Bonchev–Trinajstić information content (AvgIpc) is 2.44. The van der Waals surface area contributed by atoms with Crippen molar-refractivity contribution in [2.24, 2.45) is 0 Å². The van der Waals surface area contributed by atoms with Crippen LogP contribution in [0.3, 0.4) is 0 Å². The van der Waals surface area contributed by atoms with Gasteiger partial charge in [-0.15, -0.1) is 0 Å². The van der Waals surface area contributed by atoms with Crippen molar-refractivity contribution in [1.29, 1.82) is 0 Å². The van der Waals surface area contributed by atoms with E-state index in [1.165, 1.54) is 18.2 Å². The minimum Gasteiger partial charge on any atom is -0.373 e. The van der Waals surface area contributed by atoms with Gasteiger partial charge < -0.3 is 4.74 Å². The summed E-state index contributed by atoms with van der Waals surface area (Å²) in [5.41, 5.74) is -0.368. The molecule has 0 bridgehead atoms. The van der Waals surface area contributed by atoms with Gasteiger partial charge in [-0.2, -0.15) is 0 Å². The molecule has 0 aromatic heterocycles. The molecule has 1 aromatic carbocycles. The SMILES string of the molecule is CC1CN(C(C)(C)CNS(=O)(=O)c2cccc(F)c2)CC(C)O1. The van der Waals surface area contributed by atoms with Gasteiger partial charge in [-0.25, -0.2) is 17.5 Å². The number of rotatable bonds is 5. The van der Waals surface area contributed by atoms with Crippen LogP contribution in [0.4, 0.5) is 4.39 Å². The number of benzene rings is 1. The Morgan fingerprint density at radius 1 is 1.30 bits per heavy atom. The summed E-state index contributed by atoms with van der Waals surface area (Å²) in [5, 5.41) is 0. The minimum atomic E-state index is -3.73. The Labute approximate surface area is 137 Å². The van der Waals surface area contributed by atoms with E-state index in [2.05, 4.69) is 9.62 Å². The molecule has 1 aliphatic heterocycles. The lowest BCUT2D eigenvalue weighted by molar-refractivity contribution is -0.0945. The largest absolute Gasteiger partial charge is 0.373 e. The number of nitrogens with one attached hydrogen (secondary N) is 1. The smallest absolute Gasteiger partial charge is 0.240 e. The second kappa shape index (κ2) is 6.84. The first-order chi connectivity index (χ1) is 10.6. The first-order valence-electron chi connectivity index (χ1n) is 7.76. The molecule has 1 fully saturated rings. The quantitative estimate of drug-likeness (QED) is 0.887. The molecular weight excluding hydrogens is 319 g/mol. The summed E-state index contributed by atoms with van der Waals surface area (Å²) in [6.07, 6.45) is 0.218. The molecule has 0 saturated carbocycles. The fourth-order valence-corrected chi connectivity index (χ4v) is 4.01. The highest BCUT2D eigenvalue weighted by atomic mass is 32.2. The fraction of sp³-hybridized carbons (Fsp3) is 0.625. The van der Waals surface area contributed by atoms with E-state index in [4.69, 9.17) is 4.74 Å². The molecule has 1 saturated heterocycles. The van der Waals surface area contributed by atoms with Gasteiger partial charge in [0.25, 0.3) is 0 Å². The second-order valence-electron chi connectivity index (χ2n) is 6.76. The van der Waals surface area contributed by atoms with Crippen molar-refractivity contribution in [2.75, 3.05) is 19.6 Å². The molecule has 1 heterocycles. The summed E-state index contributed by atoms with van der Waals surface area (Å²) in [5.74, 6) is -0.567. The molecule has 1 N–H and O–H groups in total. The third-order valence-electron chi connectivity index (χ3n) is 4.08. The minimum absolute atomic E-state index is 0.0583. The van der Waals surface area contributed by atoms with Gasteiger partial charge in [0.2, 0.25) is 10.0 Å². The highest BCUT2D eigenvalue weighted by Gasteiger charge is 2.34. The third kappa shape index (κ3) is 4.73. The number of hydrogen-bond donors (Lipinski definition) is 1. The first kappa shape index (κ1) is 18.3. The Hall–Kier alpha value is -1.02. The predicted molar refractivity (Wildman–Crippen MR) is 87.2 cm³/mol. The monoisotopic (exact) mass is 344 g/mol. The average molecular weight is 344 g/mol. The van der Waals surface area contributed by atoms with E-state index in [1.54, 1.807) is 0 Å². The van der Waals surface area contributed by atoms with Gasteiger partial charge in [-0.3, -0.25) is 4.90 Å². The van der Waals surface area contributed by atoms with Crippen molar-refractivity contribution >= 4 is 10.0 Å². The second-order valence-corrected chi connectivity index (χ2v) is 8.52. The number of nitrogens with zero attached hydrogens (tertiary/aromatic N) is 1. The Kier molecular flexibility index (Phi) is 5.45. The molecule has 1 aliphatic rings. The van der Waals surface area contributed by atoms with Gasteiger partial charge in [0, 0.05) is 25.2 Å². The first-order valence-corrected chi connectivity index (χ1v) is 9.24. The molecule has 0 radical (unpaired) electrons. The highest BCUT2D eigenvalue weighted by Crippen LogP contribution is 2.21. The van der Waals surface area contributed by atoms with E-state index < -0.39 is 15.8 Å². The van der Waals surface area contributed by atoms with Gasteiger partial charge in [0.15, 0.2) is 0 Å². The van der Waals surface area contributed by atoms with Crippen LogP contribution in [-0.2, 0) is 14.8 Å². The van der Waals surface area contributed by atoms with Crippen molar-refractivity contribution < 1.29 is 17.5 Å². The van der Waals surface area contributed by atoms with Gasteiger partial charge in [0.1, 0.15) is 5.82 Å². The maximum Gasteiger partial charge on any atom is 0.240 e. The van der Waals surface area contributed by atoms with Crippen molar-refractivity contribution in [2.45, 2.75) is 50.3 Å². The topological polar surface area (TPSA) is 58.6 Å². The molecule has 5 nitrogen and oxygen atoms in total. The van der Waals surface area contributed by atoms with Crippen LogP contribution in [0.25, 0.3) is 0 Å². The molecule has 7 heteroatoms. The summed E-state index contributed by atoms with van der Waals surface area (Å²) < 4.78 is 46.2. The summed E-state index contributed by atoms with van der Waals surface area (Å²) in [7, 11) is -3.73. The van der Waals surface area contributed by atoms with E-state index >= 15 is 0 Å². The van der Waals surface area contributed by atoms with Gasteiger partial charge in [-0.05, 0) is 45.9 Å². The van der Waals surface area contributed by atoms with Crippen LogP contribution in [0.5, 0.6) is 0 Å². The van der Waals surface area contributed by atoms with E-state index in [0.717, 1.165) is 19.2 Å². The van der Waals surface area contributed by atoms with Crippen molar-refractivity contribution in [3.8, 4) is 0 Å². The Bertz CT molecular complexity index is 638. The van der Waals surface area contributed by atoms with Crippen LogP contribution in [0, 0.1) is 5.82 Å². The summed E-state index contributed by atoms with van der Waals surface area (Å²) in [6, 6.07) is 5.02. The number of ether oxygens (including phenoxy) is 1. The molecule has 23 heavy (non-hydrogen) atoms. The highest BCUT2D eigenvalue weighted by molar-refractivity contribution is 7.89. The summed E-state index contributed by atoms with van der Waals surface area (Å²) >= 11 is 0. The molecule has 0 aliphatic carbocycles. The zero-order chi connectivity index (χ0) is 17.3. The maximum atomic E-state index is 13.2. The lowest BCUT2D eigenvalue weighted by atomic mass is 10.0. The standard InChI is InChI=1S/C16H25FN2O3S/c1-12-9-19(10-13(2)22-12)16(3,4)11-18-23(20,21)15-7-5-6-14(17)8-15/h5-8,12-13,18H,9-11H2,1-4H3. The summed E-state index contributed by atoms with van der Waals surface area (Å²) in [4.78, 5) is 2.16. The molecule has 0 spiro atoms. The molecule has 2 rings (SSSR count). The molecular formula is C16H25FN2O3S. The fourth-order valence-electron chi connectivity index (χ4n) is 2.77. The van der Waals surface area contributed by atoms with Crippen LogP contribution in [0.1, 0.15) is 27.7 Å². The van der Waals surface area contributed by atoms with Crippen molar-refractivity contribution in [1.82, 2.24) is 9.62 Å². The summed E-state index contributed by atoms with van der Waals surface area (Å²) in [6.45, 7) is 9.74. The Balaban J connectivity index is 2.06. The van der Waals surface area contributed by atoms with Crippen LogP contribution < -0.4 is 4.72 Å².